The van der Waals surface area contributed by atoms with Crippen molar-refractivity contribution in [2.45, 2.75) is 25.7 Å². The van der Waals surface area contributed by atoms with E-state index in [-0.39, 0.29) is 12.5 Å². The molecular weight excluding hydrogens is 396 g/mol. The SMILES string of the molecule is FCC1(C#Cc2cccc3c2CCCN3c2nnc3ncc4c(F)cccc4n23)CC1. The molecule has 0 radical (unpaired) electrons. The molecule has 7 heteroatoms. The minimum absolute atomic E-state index is 0.329. The summed E-state index contributed by atoms with van der Waals surface area (Å²) in [6.45, 7) is 0.369. The van der Waals surface area contributed by atoms with Gasteiger partial charge in [0.15, 0.2) is 0 Å². The van der Waals surface area contributed by atoms with Crippen LogP contribution in [0.4, 0.5) is 20.4 Å². The van der Waals surface area contributed by atoms with E-state index < -0.39 is 5.41 Å². The molecule has 154 valence electrons. The van der Waals surface area contributed by atoms with Crippen molar-refractivity contribution >= 4 is 28.3 Å². The summed E-state index contributed by atoms with van der Waals surface area (Å²) in [7, 11) is 0. The van der Waals surface area contributed by atoms with Crippen LogP contribution in [0.3, 0.4) is 0 Å². The van der Waals surface area contributed by atoms with Gasteiger partial charge in [-0.15, -0.1) is 10.2 Å². The van der Waals surface area contributed by atoms with Crippen molar-refractivity contribution in [1.29, 1.82) is 0 Å². The Morgan fingerprint density at radius 1 is 1.10 bits per heavy atom. The fourth-order valence-corrected chi connectivity index (χ4v) is 4.31. The Morgan fingerprint density at radius 3 is 2.81 bits per heavy atom. The zero-order valence-corrected chi connectivity index (χ0v) is 16.8. The number of fused-ring (bicyclic) bond motifs is 4. The van der Waals surface area contributed by atoms with Crippen LogP contribution in [0.15, 0.2) is 42.6 Å². The Balaban J connectivity index is 1.51. The number of hydrogen-bond acceptors (Lipinski definition) is 4. The lowest BCUT2D eigenvalue weighted by Gasteiger charge is -2.30. The molecule has 0 unspecified atom stereocenters. The van der Waals surface area contributed by atoms with Crippen LogP contribution in [0.25, 0.3) is 16.7 Å². The van der Waals surface area contributed by atoms with Crippen LogP contribution < -0.4 is 4.90 Å². The number of aromatic nitrogens is 4. The van der Waals surface area contributed by atoms with Gasteiger partial charge in [-0.05, 0) is 55.5 Å². The molecule has 3 heterocycles. The highest BCUT2D eigenvalue weighted by molar-refractivity contribution is 5.83. The van der Waals surface area contributed by atoms with Gasteiger partial charge in [0.25, 0.3) is 5.78 Å². The average Bonchev–Trinajstić information content (AvgIpc) is 3.46. The molecule has 5 nitrogen and oxygen atoms in total. The quantitative estimate of drug-likeness (QED) is 0.449. The van der Waals surface area contributed by atoms with Gasteiger partial charge in [0, 0.05) is 24.0 Å². The Labute approximate surface area is 177 Å². The van der Waals surface area contributed by atoms with Crippen LogP contribution in [0, 0.1) is 23.1 Å². The van der Waals surface area contributed by atoms with E-state index in [1.165, 1.54) is 12.3 Å². The Bertz CT molecular complexity index is 1390. The molecule has 4 aromatic rings. The lowest BCUT2D eigenvalue weighted by atomic mass is 9.96. The molecule has 0 amide bonds. The fourth-order valence-electron chi connectivity index (χ4n) is 4.31. The minimum atomic E-state index is -0.436. The van der Waals surface area contributed by atoms with E-state index in [2.05, 4.69) is 31.9 Å². The van der Waals surface area contributed by atoms with E-state index in [0.29, 0.717) is 22.6 Å². The molecular formula is C24H19F2N5. The largest absolute Gasteiger partial charge is 0.310 e. The fraction of sp³-hybridized carbons (Fsp3) is 0.292. The summed E-state index contributed by atoms with van der Waals surface area (Å²) in [5, 5.41) is 9.05. The first kappa shape index (κ1) is 18.3. The van der Waals surface area contributed by atoms with Crippen LogP contribution in [0.5, 0.6) is 0 Å². The van der Waals surface area contributed by atoms with Gasteiger partial charge in [-0.3, -0.25) is 0 Å². The van der Waals surface area contributed by atoms with Crippen molar-refractivity contribution < 1.29 is 8.78 Å². The van der Waals surface area contributed by atoms with Gasteiger partial charge >= 0.3 is 0 Å². The van der Waals surface area contributed by atoms with Crippen LogP contribution in [0.2, 0.25) is 0 Å². The third-order valence-electron chi connectivity index (χ3n) is 6.27. The van der Waals surface area contributed by atoms with E-state index in [4.69, 9.17) is 0 Å². The topological polar surface area (TPSA) is 46.3 Å². The first-order valence-electron chi connectivity index (χ1n) is 10.5. The molecule has 0 saturated heterocycles. The molecule has 1 saturated carbocycles. The molecule has 2 aromatic carbocycles. The second-order valence-corrected chi connectivity index (χ2v) is 8.29. The molecule has 6 rings (SSSR count). The van der Waals surface area contributed by atoms with Gasteiger partial charge in [-0.2, -0.15) is 0 Å². The van der Waals surface area contributed by atoms with Crippen LogP contribution in [-0.4, -0.2) is 32.8 Å². The van der Waals surface area contributed by atoms with Gasteiger partial charge in [-0.25, -0.2) is 18.2 Å². The normalized spacial score (nSPS) is 16.8. The Morgan fingerprint density at radius 2 is 1.97 bits per heavy atom. The standard InChI is InChI=1S/C24H19F2N5/c25-15-24(11-12-24)10-9-16-4-1-7-20-17(16)5-3-13-30(20)23-29-28-22-27-14-18-19(26)6-2-8-21(18)31(22)23/h1-2,4,6-8,14H,3,5,11-13,15H2. The third-order valence-corrected chi connectivity index (χ3v) is 6.27. The van der Waals surface area contributed by atoms with Crippen LogP contribution >= 0.6 is 0 Å². The van der Waals surface area contributed by atoms with E-state index in [9.17, 15) is 8.78 Å². The molecule has 1 aliphatic carbocycles. The molecule has 0 N–H and O–H groups in total. The Hall–Kier alpha value is -3.53. The van der Waals surface area contributed by atoms with Gasteiger partial charge in [-0.1, -0.05) is 24.0 Å². The van der Waals surface area contributed by atoms with E-state index in [1.54, 1.807) is 10.5 Å². The van der Waals surface area contributed by atoms with Gasteiger partial charge in [0.05, 0.1) is 16.3 Å². The summed E-state index contributed by atoms with van der Waals surface area (Å²) >= 11 is 0. The van der Waals surface area contributed by atoms with Crippen molar-refractivity contribution in [3.63, 3.8) is 0 Å². The smallest absolute Gasteiger partial charge is 0.256 e. The van der Waals surface area contributed by atoms with Crippen molar-refractivity contribution in [1.82, 2.24) is 19.6 Å². The summed E-state index contributed by atoms with van der Waals surface area (Å²) < 4.78 is 29.4. The monoisotopic (exact) mass is 415 g/mol. The number of hydrogen-bond donors (Lipinski definition) is 0. The summed E-state index contributed by atoms with van der Waals surface area (Å²) in [6.07, 6.45) is 4.97. The van der Waals surface area contributed by atoms with Crippen molar-refractivity contribution in [2.75, 3.05) is 18.1 Å². The molecule has 1 aliphatic heterocycles. The average molecular weight is 415 g/mol. The summed E-state index contributed by atoms with van der Waals surface area (Å²) in [4.78, 5) is 6.39. The van der Waals surface area contributed by atoms with Crippen LogP contribution in [0.1, 0.15) is 30.4 Å². The molecule has 0 spiro atoms. The lowest BCUT2D eigenvalue weighted by molar-refractivity contribution is 0.407. The highest BCUT2D eigenvalue weighted by atomic mass is 19.1. The molecule has 2 aliphatic rings. The maximum absolute atomic E-state index is 14.4. The minimum Gasteiger partial charge on any atom is -0.310 e. The Kier molecular flexibility index (Phi) is 3.97. The summed E-state index contributed by atoms with van der Waals surface area (Å²) in [5.74, 6) is 7.11. The van der Waals surface area contributed by atoms with Gasteiger partial charge in [0.1, 0.15) is 12.5 Å². The predicted molar refractivity (Wildman–Crippen MR) is 115 cm³/mol. The maximum Gasteiger partial charge on any atom is 0.256 e. The van der Waals surface area contributed by atoms with Crippen molar-refractivity contribution in [3.05, 3.63) is 59.5 Å². The van der Waals surface area contributed by atoms with Gasteiger partial charge in [0.2, 0.25) is 5.95 Å². The number of alkyl halides is 1. The van der Waals surface area contributed by atoms with E-state index in [1.807, 2.05) is 24.3 Å². The molecule has 0 atom stereocenters. The number of benzene rings is 2. The van der Waals surface area contributed by atoms with Crippen LogP contribution in [-0.2, 0) is 6.42 Å². The third kappa shape index (κ3) is 2.86. The zero-order valence-electron chi connectivity index (χ0n) is 16.8. The second kappa shape index (κ2) is 6.74. The molecule has 31 heavy (non-hydrogen) atoms. The molecule has 1 fully saturated rings. The van der Waals surface area contributed by atoms with E-state index in [0.717, 1.165) is 49.0 Å². The second-order valence-electron chi connectivity index (χ2n) is 8.29. The first-order chi connectivity index (χ1) is 15.2. The summed E-state index contributed by atoms with van der Waals surface area (Å²) in [6, 6.07) is 11.0. The highest BCUT2D eigenvalue weighted by Crippen LogP contribution is 2.45. The van der Waals surface area contributed by atoms with Crippen molar-refractivity contribution in [2.24, 2.45) is 5.41 Å². The predicted octanol–water partition coefficient (Wildman–Crippen LogP) is 4.60. The maximum atomic E-state index is 14.4. The number of rotatable bonds is 2. The zero-order chi connectivity index (χ0) is 21.0. The van der Waals surface area contributed by atoms with E-state index >= 15 is 0 Å². The lowest BCUT2D eigenvalue weighted by Crippen LogP contribution is -2.27. The summed E-state index contributed by atoms with van der Waals surface area (Å²) in [5.41, 5.74) is 3.31. The molecule has 2 aromatic heterocycles. The highest BCUT2D eigenvalue weighted by Gasteiger charge is 2.41. The first-order valence-corrected chi connectivity index (χ1v) is 10.5. The molecule has 0 bridgehead atoms. The number of nitrogens with zero attached hydrogens (tertiary/aromatic N) is 5. The van der Waals surface area contributed by atoms with Crippen molar-refractivity contribution in [3.8, 4) is 11.8 Å². The van der Waals surface area contributed by atoms with Gasteiger partial charge < -0.3 is 4.90 Å². The number of halogens is 2. The number of anilines is 2.